The third kappa shape index (κ3) is 5.20. The summed E-state index contributed by atoms with van der Waals surface area (Å²) in [5.41, 5.74) is 3.55. The van der Waals surface area contributed by atoms with E-state index in [1.807, 2.05) is 51.2 Å². The zero-order valence-electron chi connectivity index (χ0n) is 17.1. The number of halogens is 1. The highest BCUT2D eigenvalue weighted by molar-refractivity contribution is 8.00. The highest BCUT2D eigenvalue weighted by atomic mass is 35.5. The molecule has 1 atom stereocenters. The SMILES string of the molecule is Cc1ccc(NC(=O)NC(=O)C(C)Sc2nnc(-c3ccc(Cl)cc3)n2C)c(C)c1. The molecule has 0 aliphatic carbocycles. The molecule has 156 valence electrons. The maximum Gasteiger partial charge on any atom is 0.325 e. The van der Waals surface area contributed by atoms with Crippen LogP contribution in [-0.4, -0.2) is 32.0 Å². The Kier molecular flexibility index (Phi) is 6.79. The molecule has 30 heavy (non-hydrogen) atoms. The van der Waals surface area contributed by atoms with Crippen LogP contribution in [0.2, 0.25) is 5.02 Å². The summed E-state index contributed by atoms with van der Waals surface area (Å²) >= 11 is 7.15. The second-order valence-electron chi connectivity index (χ2n) is 6.89. The molecule has 0 spiro atoms. The van der Waals surface area contributed by atoms with Crippen molar-refractivity contribution in [2.45, 2.75) is 31.2 Å². The Labute approximate surface area is 184 Å². The van der Waals surface area contributed by atoms with Crippen molar-refractivity contribution in [1.82, 2.24) is 20.1 Å². The number of rotatable bonds is 5. The highest BCUT2D eigenvalue weighted by Gasteiger charge is 2.21. The zero-order valence-corrected chi connectivity index (χ0v) is 18.6. The molecule has 3 aromatic rings. The van der Waals surface area contributed by atoms with Gasteiger partial charge in [-0.05, 0) is 56.7 Å². The van der Waals surface area contributed by atoms with Crippen molar-refractivity contribution in [2.75, 3.05) is 5.32 Å². The summed E-state index contributed by atoms with van der Waals surface area (Å²) in [6, 6.07) is 12.4. The molecule has 1 unspecified atom stereocenters. The van der Waals surface area contributed by atoms with Crippen molar-refractivity contribution < 1.29 is 9.59 Å². The molecule has 2 aromatic carbocycles. The van der Waals surface area contributed by atoms with Gasteiger partial charge in [0.2, 0.25) is 5.91 Å². The van der Waals surface area contributed by atoms with E-state index < -0.39 is 17.2 Å². The predicted molar refractivity (Wildman–Crippen MR) is 120 cm³/mol. The summed E-state index contributed by atoms with van der Waals surface area (Å²) in [6.45, 7) is 5.58. The Balaban J connectivity index is 1.61. The molecular weight excluding hydrogens is 422 g/mol. The fourth-order valence-corrected chi connectivity index (χ4v) is 3.74. The van der Waals surface area contributed by atoms with Gasteiger partial charge in [0.05, 0.1) is 5.25 Å². The first-order valence-corrected chi connectivity index (χ1v) is 10.5. The lowest BCUT2D eigenvalue weighted by Crippen LogP contribution is -2.39. The van der Waals surface area contributed by atoms with E-state index in [-0.39, 0.29) is 0 Å². The van der Waals surface area contributed by atoms with E-state index in [2.05, 4.69) is 20.8 Å². The summed E-state index contributed by atoms with van der Waals surface area (Å²) in [6.07, 6.45) is 0. The molecule has 3 amide bonds. The standard InChI is InChI=1S/C21H22ClN5O2S/c1-12-5-10-17(13(2)11-12)23-20(29)24-19(28)14(3)30-21-26-25-18(27(21)4)15-6-8-16(22)9-7-15/h5-11,14H,1-4H3,(H2,23,24,28,29). The summed E-state index contributed by atoms with van der Waals surface area (Å²) < 4.78 is 1.80. The average molecular weight is 444 g/mol. The zero-order chi connectivity index (χ0) is 21.8. The Morgan fingerprint density at radius 1 is 1.10 bits per heavy atom. The molecule has 1 aromatic heterocycles. The van der Waals surface area contributed by atoms with Gasteiger partial charge in [0.15, 0.2) is 11.0 Å². The summed E-state index contributed by atoms with van der Waals surface area (Å²) in [4.78, 5) is 24.7. The van der Waals surface area contributed by atoms with Crippen LogP contribution in [0.5, 0.6) is 0 Å². The molecule has 0 fully saturated rings. The minimum Gasteiger partial charge on any atom is -0.307 e. The van der Waals surface area contributed by atoms with Gasteiger partial charge in [-0.3, -0.25) is 10.1 Å². The molecule has 2 N–H and O–H groups in total. The van der Waals surface area contributed by atoms with E-state index in [1.54, 1.807) is 23.6 Å². The second-order valence-corrected chi connectivity index (χ2v) is 8.64. The third-order valence-electron chi connectivity index (χ3n) is 4.46. The molecule has 0 saturated heterocycles. The van der Waals surface area contributed by atoms with Crippen molar-refractivity contribution in [3.63, 3.8) is 0 Å². The van der Waals surface area contributed by atoms with E-state index in [0.717, 1.165) is 16.7 Å². The molecule has 0 bridgehead atoms. The molecule has 7 nitrogen and oxygen atoms in total. The van der Waals surface area contributed by atoms with Gasteiger partial charge in [-0.25, -0.2) is 4.79 Å². The number of amides is 3. The van der Waals surface area contributed by atoms with Crippen molar-refractivity contribution in [1.29, 1.82) is 0 Å². The number of carbonyl (C=O) groups excluding carboxylic acids is 2. The quantitative estimate of drug-likeness (QED) is 0.563. The number of benzene rings is 2. The number of hydrogen-bond acceptors (Lipinski definition) is 5. The van der Waals surface area contributed by atoms with Crippen molar-refractivity contribution >= 4 is 41.0 Å². The van der Waals surface area contributed by atoms with Crippen LogP contribution in [0.1, 0.15) is 18.1 Å². The van der Waals surface area contributed by atoms with Crippen LogP contribution >= 0.6 is 23.4 Å². The Hall–Kier alpha value is -2.84. The molecule has 3 rings (SSSR count). The number of carbonyl (C=O) groups is 2. The summed E-state index contributed by atoms with van der Waals surface area (Å²) in [5.74, 6) is 0.243. The normalized spacial score (nSPS) is 11.8. The lowest BCUT2D eigenvalue weighted by Gasteiger charge is -2.13. The topological polar surface area (TPSA) is 88.9 Å². The van der Waals surface area contributed by atoms with Crippen LogP contribution in [0.25, 0.3) is 11.4 Å². The number of hydrogen-bond donors (Lipinski definition) is 2. The van der Waals surface area contributed by atoms with E-state index in [4.69, 9.17) is 11.6 Å². The van der Waals surface area contributed by atoms with Crippen LogP contribution < -0.4 is 10.6 Å². The monoisotopic (exact) mass is 443 g/mol. The minimum atomic E-state index is -0.570. The first-order valence-electron chi connectivity index (χ1n) is 9.25. The first kappa shape index (κ1) is 21.9. The van der Waals surface area contributed by atoms with E-state index in [1.165, 1.54) is 11.8 Å². The van der Waals surface area contributed by atoms with Crippen LogP contribution in [-0.2, 0) is 11.8 Å². The first-order chi connectivity index (χ1) is 14.2. The molecule has 0 aliphatic heterocycles. The fourth-order valence-electron chi connectivity index (χ4n) is 2.80. The van der Waals surface area contributed by atoms with Gasteiger partial charge in [-0.1, -0.05) is 41.1 Å². The van der Waals surface area contributed by atoms with Gasteiger partial charge in [-0.15, -0.1) is 10.2 Å². The van der Waals surface area contributed by atoms with Gasteiger partial charge in [0, 0.05) is 23.3 Å². The van der Waals surface area contributed by atoms with E-state index in [0.29, 0.717) is 21.7 Å². The van der Waals surface area contributed by atoms with Crippen molar-refractivity contribution in [2.24, 2.45) is 7.05 Å². The Bertz CT molecular complexity index is 1080. The highest BCUT2D eigenvalue weighted by Crippen LogP contribution is 2.26. The van der Waals surface area contributed by atoms with Crippen LogP contribution in [0.15, 0.2) is 47.6 Å². The number of nitrogens with one attached hydrogen (secondary N) is 2. The smallest absolute Gasteiger partial charge is 0.307 e. The van der Waals surface area contributed by atoms with E-state index >= 15 is 0 Å². The summed E-state index contributed by atoms with van der Waals surface area (Å²) in [7, 11) is 1.82. The molecular formula is C21H22ClN5O2S. The molecule has 1 heterocycles. The fraction of sp³-hybridized carbons (Fsp3) is 0.238. The number of aromatic nitrogens is 3. The van der Waals surface area contributed by atoms with Crippen molar-refractivity contribution in [3.8, 4) is 11.4 Å². The number of imide groups is 1. The number of anilines is 1. The maximum atomic E-state index is 12.4. The van der Waals surface area contributed by atoms with Crippen LogP contribution in [0.3, 0.4) is 0 Å². The third-order valence-corrected chi connectivity index (χ3v) is 5.84. The molecule has 0 aliphatic rings. The minimum absolute atomic E-state index is 0.418. The lowest BCUT2D eigenvalue weighted by atomic mass is 10.1. The average Bonchev–Trinajstić information content (AvgIpc) is 3.05. The van der Waals surface area contributed by atoms with Gasteiger partial charge < -0.3 is 9.88 Å². The van der Waals surface area contributed by atoms with Crippen LogP contribution in [0, 0.1) is 13.8 Å². The number of thioether (sulfide) groups is 1. The molecule has 0 saturated carbocycles. The lowest BCUT2D eigenvalue weighted by molar-refractivity contribution is -0.119. The summed E-state index contributed by atoms with van der Waals surface area (Å²) in [5, 5.41) is 14.1. The number of urea groups is 1. The molecule has 9 heteroatoms. The Morgan fingerprint density at radius 2 is 1.80 bits per heavy atom. The van der Waals surface area contributed by atoms with Gasteiger partial charge in [0.25, 0.3) is 0 Å². The number of nitrogens with zero attached hydrogens (tertiary/aromatic N) is 3. The second kappa shape index (κ2) is 9.32. The maximum absolute atomic E-state index is 12.4. The van der Waals surface area contributed by atoms with E-state index in [9.17, 15) is 9.59 Å². The predicted octanol–water partition coefficient (Wildman–Crippen LogP) is 4.58. The van der Waals surface area contributed by atoms with Gasteiger partial charge >= 0.3 is 6.03 Å². The number of aryl methyl sites for hydroxylation is 2. The Morgan fingerprint density at radius 3 is 2.47 bits per heavy atom. The van der Waals surface area contributed by atoms with Gasteiger partial charge in [0.1, 0.15) is 0 Å². The van der Waals surface area contributed by atoms with Crippen LogP contribution in [0.4, 0.5) is 10.5 Å². The largest absolute Gasteiger partial charge is 0.325 e. The molecule has 0 radical (unpaired) electrons. The van der Waals surface area contributed by atoms with Crippen molar-refractivity contribution in [3.05, 3.63) is 58.6 Å². The van der Waals surface area contributed by atoms with Gasteiger partial charge in [-0.2, -0.15) is 0 Å².